The Hall–Kier alpha value is -2.95. The number of hydrogen-bond acceptors (Lipinski definition) is 4. The third-order valence-corrected chi connectivity index (χ3v) is 5.99. The van der Waals surface area contributed by atoms with E-state index in [1.807, 2.05) is 24.8 Å². The second-order valence-electron chi connectivity index (χ2n) is 8.36. The van der Waals surface area contributed by atoms with Crippen molar-refractivity contribution in [3.63, 3.8) is 0 Å². The molecule has 1 unspecified atom stereocenters. The molecular weight excluding hydrogens is 374 g/mol. The molecule has 0 saturated carbocycles. The molecule has 1 amide bonds. The fourth-order valence-electron chi connectivity index (χ4n) is 4.37. The molecule has 30 heavy (non-hydrogen) atoms. The van der Waals surface area contributed by atoms with Gasteiger partial charge in [-0.15, -0.1) is 0 Å². The van der Waals surface area contributed by atoms with Gasteiger partial charge in [0.05, 0.1) is 12.1 Å². The summed E-state index contributed by atoms with van der Waals surface area (Å²) in [6.07, 6.45) is 3.32. The maximum atomic E-state index is 13.0. The number of benzene rings is 1. The van der Waals surface area contributed by atoms with E-state index in [2.05, 4.69) is 48.5 Å². The first-order valence-corrected chi connectivity index (χ1v) is 10.7. The van der Waals surface area contributed by atoms with E-state index in [0.29, 0.717) is 6.42 Å². The summed E-state index contributed by atoms with van der Waals surface area (Å²) in [4.78, 5) is 19.8. The first-order chi connectivity index (χ1) is 14.5. The number of aromatic nitrogens is 2. The van der Waals surface area contributed by atoms with Crippen LogP contribution < -0.4 is 0 Å². The molecule has 1 aliphatic heterocycles. The molecule has 3 heterocycles. The Labute approximate surface area is 178 Å². The van der Waals surface area contributed by atoms with Crippen molar-refractivity contribution >= 4 is 5.91 Å². The number of likely N-dealkylation sites (tertiary alicyclic amines) is 1. The van der Waals surface area contributed by atoms with Gasteiger partial charge in [0.1, 0.15) is 5.76 Å². The lowest BCUT2D eigenvalue weighted by Crippen LogP contribution is -2.40. The van der Waals surface area contributed by atoms with Gasteiger partial charge in [0, 0.05) is 36.0 Å². The summed E-state index contributed by atoms with van der Waals surface area (Å²) in [6, 6.07) is 14.9. The number of piperidine rings is 1. The van der Waals surface area contributed by atoms with Gasteiger partial charge >= 0.3 is 0 Å². The summed E-state index contributed by atoms with van der Waals surface area (Å²) in [6.45, 7) is 7.35. The number of nitrogens with zero attached hydrogens (tertiary/aromatic N) is 3. The van der Waals surface area contributed by atoms with Gasteiger partial charge in [-0.3, -0.25) is 9.78 Å². The maximum Gasteiger partial charge on any atom is 0.227 e. The van der Waals surface area contributed by atoms with E-state index < -0.39 is 0 Å². The SMILES string of the molecule is Cc1cc(Cc2ccccc2)cc(C2CCCN(C(=O)Cc3c(C)noc3C)C2)n1. The normalized spacial score (nSPS) is 16.6. The number of pyridine rings is 1. The quantitative estimate of drug-likeness (QED) is 0.628. The molecule has 1 aliphatic rings. The molecular formula is C25H29N3O2. The van der Waals surface area contributed by atoms with E-state index >= 15 is 0 Å². The van der Waals surface area contributed by atoms with Crippen molar-refractivity contribution in [3.8, 4) is 0 Å². The number of carbonyl (C=O) groups excluding carboxylic acids is 1. The van der Waals surface area contributed by atoms with Crippen LogP contribution in [0.2, 0.25) is 0 Å². The lowest BCUT2D eigenvalue weighted by atomic mass is 9.92. The van der Waals surface area contributed by atoms with Crippen molar-refractivity contribution in [1.29, 1.82) is 0 Å². The summed E-state index contributed by atoms with van der Waals surface area (Å²) < 4.78 is 5.22. The van der Waals surface area contributed by atoms with Gasteiger partial charge < -0.3 is 9.42 Å². The number of rotatable bonds is 5. The average molecular weight is 404 g/mol. The molecule has 0 radical (unpaired) electrons. The third-order valence-electron chi connectivity index (χ3n) is 5.99. The van der Waals surface area contributed by atoms with E-state index in [4.69, 9.17) is 9.51 Å². The zero-order chi connectivity index (χ0) is 21.1. The Balaban J connectivity index is 1.48. The first kappa shape index (κ1) is 20.3. The van der Waals surface area contributed by atoms with Crippen LogP contribution in [-0.2, 0) is 17.6 Å². The minimum absolute atomic E-state index is 0.145. The zero-order valence-corrected chi connectivity index (χ0v) is 18.0. The Bertz CT molecular complexity index is 1010. The van der Waals surface area contributed by atoms with Crippen LogP contribution in [0.4, 0.5) is 0 Å². The van der Waals surface area contributed by atoms with E-state index in [9.17, 15) is 4.79 Å². The molecule has 0 spiro atoms. The third kappa shape index (κ3) is 4.61. The molecule has 1 atom stereocenters. The van der Waals surface area contributed by atoms with Gasteiger partial charge in [0.2, 0.25) is 5.91 Å². The van der Waals surface area contributed by atoms with E-state index in [1.165, 1.54) is 11.1 Å². The highest BCUT2D eigenvalue weighted by Gasteiger charge is 2.27. The molecule has 1 aromatic carbocycles. The van der Waals surface area contributed by atoms with Crippen LogP contribution in [0.3, 0.4) is 0 Å². The summed E-state index contributed by atoms with van der Waals surface area (Å²) in [5.41, 5.74) is 6.45. The Morgan fingerprint density at radius 2 is 1.93 bits per heavy atom. The highest BCUT2D eigenvalue weighted by molar-refractivity contribution is 5.79. The fraction of sp³-hybridized carbons (Fsp3) is 0.400. The molecule has 2 aromatic heterocycles. The summed E-state index contributed by atoms with van der Waals surface area (Å²) in [5.74, 6) is 1.16. The Morgan fingerprint density at radius 1 is 1.13 bits per heavy atom. The zero-order valence-electron chi connectivity index (χ0n) is 18.0. The molecule has 156 valence electrons. The second-order valence-corrected chi connectivity index (χ2v) is 8.36. The molecule has 0 aliphatic carbocycles. The Morgan fingerprint density at radius 3 is 2.67 bits per heavy atom. The van der Waals surface area contributed by atoms with Gasteiger partial charge in [-0.05, 0) is 63.3 Å². The van der Waals surface area contributed by atoms with Crippen LogP contribution in [0.15, 0.2) is 47.0 Å². The molecule has 4 rings (SSSR count). The topological polar surface area (TPSA) is 59.2 Å². The minimum Gasteiger partial charge on any atom is -0.361 e. The highest BCUT2D eigenvalue weighted by atomic mass is 16.5. The van der Waals surface area contributed by atoms with Gasteiger partial charge in [-0.1, -0.05) is 35.5 Å². The van der Waals surface area contributed by atoms with Crippen LogP contribution in [0, 0.1) is 20.8 Å². The molecule has 1 fully saturated rings. The van der Waals surface area contributed by atoms with Crippen molar-refractivity contribution in [1.82, 2.24) is 15.0 Å². The predicted octanol–water partition coefficient (Wildman–Crippen LogP) is 4.53. The number of amides is 1. The van der Waals surface area contributed by atoms with E-state index in [0.717, 1.165) is 60.8 Å². The van der Waals surface area contributed by atoms with Crippen molar-refractivity contribution in [2.45, 2.75) is 52.4 Å². The number of aryl methyl sites for hydroxylation is 3. The van der Waals surface area contributed by atoms with Gasteiger partial charge in [-0.2, -0.15) is 0 Å². The van der Waals surface area contributed by atoms with Crippen LogP contribution in [0.1, 0.15) is 58.3 Å². The largest absolute Gasteiger partial charge is 0.361 e. The first-order valence-electron chi connectivity index (χ1n) is 10.7. The van der Waals surface area contributed by atoms with Crippen molar-refractivity contribution < 1.29 is 9.32 Å². The van der Waals surface area contributed by atoms with Crippen LogP contribution in [0.25, 0.3) is 0 Å². The summed E-state index contributed by atoms with van der Waals surface area (Å²) >= 11 is 0. The van der Waals surface area contributed by atoms with Crippen LogP contribution in [0.5, 0.6) is 0 Å². The standard InChI is InChI=1S/C25H29N3O2/c1-17-12-21(13-20-8-5-4-6-9-20)14-24(26-17)22-10-7-11-28(16-22)25(29)15-23-18(2)27-30-19(23)3/h4-6,8-9,12,14,22H,7,10-11,13,15-16H2,1-3H3. The predicted molar refractivity (Wildman–Crippen MR) is 116 cm³/mol. The van der Waals surface area contributed by atoms with E-state index in [-0.39, 0.29) is 11.8 Å². The maximum absolute atomic E-state index is 13.0. The molecule has 5 nitrogen and oxygen atoms in total. The van der Waals surface area contributed by atoms with Crippen molar-refractivity contribution in [2.24, 2.45) is 0 Å². The summed E-state index contributed by atoms with van der Waals surface area (Å²) in [7, 11) is 0. The van der Waals surface area contributed by atoms with Gasteiger partial charge in [0.25, 0.3) is 0 Å². The highest BCUT2D eigenvalue weighted by Crippen LogP contribution is 2.28. The van der Waals surface area contributed by atoms with Crippen LogP contribution in [-0.4, -0.2) is 34.0 Å². The number of hydrogen-bond donors (Lipinski definition) is 0. The Kier molecular flexibility index (Phi) is 5.98. The van der Waals surface area contributed by atoms with Crippen molar-refractivity contribution in [3.05, 3.63) is 82.0 Å². The molecule has 5 heteroatoms. The van der Waals surface area contributed by atoms with E-state index in [1.54, 1.807) is 0 Å². The van der Waals surface area contributed by atoms with Crippen molar-refractivity contribution in [2.75, 3.05) is 13.1 Å². The average Bonchev–Trinajstić information content (AvgIpc) is 3.06. The lowest BCUT2D eigenvalue weighted by molar-refractivity contribution is -0.131. The second kappa shape index (κ2) is 8.82. The van der Waals surface area contributed by atoms with Gasteiger partial charge in [0.15, 0.2) is 0 Å². The summed E-state index contributed by atoms with van der Waals surface area (Å²) in [5, 5.41) is 3.97. The smallest absolute Gasteiger partial charge is 0.227 e. The van der Waals surface area contributed by atoms with Gasteiger partial charge in [-0.25, -0.2) is 0 Å². The molecule has 3 aromatic rings. The van der Waals surface area contributed by atoms with Crippen LogP contribution >= 0.6 is 0 Å². The monoisotopic (exact) mass is 403 g/mol. The lowest BCUT2D eigenvalue weighted by Gasteiger charge is -2.33. The molecule has 0 N–H and O–H groups in total. The fourth-order valence-corrected chi connectivity index (χ4v) is 4.37. The molecule has 1 saturated heterocycles. The molecule has 0 bridgehead atoms. The number of carbonyl (C=O) groups is 1. The minimum atomic E-state index is 0.145.